The van der Waals surface area contributed by atoms with Gasteiger partial charge in [-0.2, -0.15) is 5.10 Å². The molecule has 7 N–H and O–H groups in total. The molecule has 20 heteroatoms. The van der Waals surface area contributed by atoms with Crippen LogP contribution in [-0.4, -0.2) is 124 Å². The Hall–Kier alpha value is -6.48. The van der Waals surface area contributed by atoms with Crippen molar-refractivity contribution in [2.75, 3.05) is 63.3 Å². The second kappa shape index (κ2) is 28.4. The summed E-state index contributed by atoms with van der Waals surface area (Å²) < 4.78 is 17.7. The van der Waals surface area contributed by atoms with Gasteiger partial charge in [0.15, 0.2) is 11.6 Å². The molecular weight excluding hydrogens is 1030 g/mol. The smallest absolute Gasteiger partial charge is 0.246 e. The Labute approximate surface area is 468 Å². The van der Waals surface area contributed by atoms with Crippen molar-refractivity contribution >= 4 is 52.8 Å². The van der Waals surface area contributed by atoms with E-state index in [2.05, 4.69) is 90.1 Å². The molecule has 2 fully saturated rings. The Bertz CT molecular complexity index is 2840. The molecule has 2 saturated heterocycles. The molecule has 4 atom stereocenters. The van der Waals surface area contributed by atoms with Crippen molar-refractivity contribution in [1.82, 2.24) is 46.0 Å². The van der Waals surface area contributed by atoms with Crippen molar-refractivity contribution < 1.29 is 33.7 Å². The first-order valence-electron chi connectivity index (χ1n) is 26.9. The van der Waals surface area contributed by atoms with Gasteiger partial charge in [-0.3, -0.25) is 24.5 Å². The second-order valence-electron chi connectivity index (χ2n) is 21.1. The number of pyridine rings is 1. The summed E-state index contributed by atoms with van der Waals surface area (Å²) in [4.78, 5) is 56.4. The third-order valence-electron chi connectivity index (χ3n) is 14.0. The number of carbonyl (C=O) groups excluding carboxylic acids is 3. The zero-order chi connectivity index (χ0) is 54.2. The number of nitrogens with zero attached hydrogens (tertiary/aromatic N) is 5. The number of aryl methyl sites for hydroxylation is 1. The van der Waals surface area contributed by atoms with Crippen LogP contribution < -0.4 is 31.3 Å². The first kappa shape index (κ1) is 59.2. The molecule has 8 rings (SSSR count). The monoisotopic (exact) mass is 1110 g/mol. The molecule has 3 aromatic heterocycles. The van der Waals surface area contributed by atoms with Crippen LogP contribution in [0.25, 0.3) is 21.8 Å². The number of hydrogen-bond donors (Lipinski definition) is 7. The molecule has 6 aromatic rings. The molecule has 2 aliphatic heterocycles. The Kier molecular flexibility index (Phi) is 21.6. The maximum atomic E-state index is 14.0. The molecule has 418 valence electrons. The van der Waals surface area contributed by atoms with Crippen molar-refractivity contribution in [3.8, 4) is 27.6 Å². The lowest BCUT2D eigenvalue weighted by Crippen LogP contribution is -2.58. The van der Waals surface area contributed by atoms with Gasteiger partial charge >= 0.3 is 0 Å². The standard InChI is InChI=1S/C58H75N11O7S.ClH/c1-39(63-45-13-10-14-46(33-45)66-58(22-26-60-27-23-58)56-65-53(67-68-56)43-20-24-59-25-21-43)44-12-9-15-48(32-44)76-31-8-6-7-28-74-29-11-30-75-37-50(71)64-52(57(3,4)5)55(73)69-36-47(70)34-49(69)54(72)61-35-41-16-18-42(19-17-41)51-40(2)62-38-77-51;/h9-10,12-21,24-25,32-33,38-39,47,49,52,60,63,66,70H,6-8,11,22-23,26-31,34-37H2,1-5H3,(H,61,72)(H,64,71)(H,65,67,68);1H/t39-,47+,49-,52+;/m0./s1. The van der Waals surface area contributed by atoms with Gasteiger partial charge in [-0.25, -0.2) is 9.97 Å². The summed E-state index contributed by atoms with van der Waals surface area (Å²) >= 11 is 1.58. The number of piperidine rings is 1. The third-order valence-corrected chi connectivity index (χ3v) is 15.0. The number of likely N-dealkylation sites (tertiary alicyclic amines) is 1. The van der Waals surface area contributed by atoms with Gasteiger partial charge in [0.05, 0.1) is 34.3 Å². The molecule has 2 aliphatic rings. The number of ether oxygens (including phenoxy) is 3. The highest BCUT2D eigenvalue weighted by Crippen LogP contribution is 2.35. The number of hydrogen-bond acceptors (Lipinski definition) is 15. The number of carbonyl (C=O) groups is 3. The van der Waals surface area contributed by atoms with E-state index in [1.807, 2.05) is 81.7 Å². The molecule has 0 radical (unpaired) electrons. The molecule has 0 unspecified atom stereocenters. The number of benzene rings is 3. The predicted molar refractivity (Wildman–Crippen MR) is 306 cm³/mol. The minimum absolute atomic E-state index is 0. The van der Waals surface area contributed by atoms with Crippen LogP contribution in [0.1, 0.15) is 101 Å². The minimum atomic E-state index is -0.940. The van der Waals surface area contributed by atoms with Crippen molar-refractivity contribution in [1.29, 1.82) is 0 Å². The van der Waals surface area contributed by atoms with E-state index in [4.69, 9.17) is 19.2 Å². The largest absolute Gasteiger partial charge is 0.494 e. The van der Waals surface area contributed by atoms with Crippen LogP contribution in [0.4, 0.5) is 11.4 Å². The zero-order valence-electron chi connectivity index (χ0n) is 45.4. The summed E-state index contributed by atoms with van der Waals surface area (Å²) in [5.74, 6) is 1.10. The summed E-state index contributed by atoms with van der Waals surface area (Å²) in [6.07, 6.45) is 7.82. The molecule has 78 heavy (non-hydrogen) atoms. The van der Waals surface area contributed by atoms with E-state index >= 15 is 0 Å². The van der Waals surface area contributed by atoms with E-state index in [1.54, 1.807) is 23.7 Å². The van der Waals surface area contributed by atoms with Crippen LogP contribution in [0.3, 0.4) is 0 Å². The van der Waals surface area contributed by atoms with E-state index in [-0.39, 0.29) is 50.5 Å². The molecule has 0 spiro atoms. The lowest BCUT2D eigenvalue weighted by Gasteiger charge is -2.37. The van der Waals surface area contributed by atoms with Gasteiger partial charge < -0.3 is 50.8 Å². The number of amides is 3. The molecule has 0 aliphatic carbocycles. The molecular formula is C58H76ClN11O7S. The van der Waals surface area contributed by atoms with Gasteiger partial charge in [-0.05, 0) is 130 Å². The molecule has 0 bridgehead atoms. The van der Waals surface area contributed by atoms with Gasteiger partial charge in [0.25, 0.3) is 0 Å². The number of β-amino-alcohol motifs (C(OH)–C–C–N with tert-alkyl or cyclic N) is 1. The van der Waals surface area contributed by atoms with Gasteiger partial charge in [-0.1, -0.05) is 63.2 Å². The number of thiazole rings is 1. The van der Waals surface area contributed by atoms with E-state index in [0.29, 0.717) is 38.7 Å². The number of aliphatic hydroxyl groups excluding tert-OH is 1. The summed E-state index contributed by atoms with van der Waals surface area (Å²) in [5, 5.41) is 35.2. The highest BCUT2D eigenvalue weighted by Gasteiger charge is 2.44. The van der Waals surface area contributed by atoms with E-state index in [0.717, 1.165) is 101 Å². The van der Waals surface area contributed by atoms with Gasteiger partial charge in [-0.15, -0.1) is 23.7 Å². The first-order valence-corrected chi connectivity index (χ1v) is 27.7. The number of aromatic nitrogens is 5. The van der Waals surface area contributed by atoms with Crippen LogP contribution in [-0.2, 0) is 35.9 Å². The van der Waals surface area contributed by atoms with Crippen LogP contribution in [0.15, 0.2) is 103 Å². The highest BCUT2D eigenvalue weighted by atomic mass is 35.5. The number of unbranched alkanes of at least 4 members (excludes halogenated alkanes) is 2. The Morgan fingerprint density at radius 1 is 0.885 bits per heavy atom. The fraction of sp³-hybridized carbons (Fsp3) is 0.466. The molecule has 5 heterocycles. The fourth-order valence-corrected chi connectivity index (χ4v) is 10.5. The average Bonchev–Trinajstić information content (AvgIpc) is 4.22. The summed E-state index contributed by atoms with van der Waals surface area (Å²) in [6.45, 7) is 13.5. The number of aromatic amines is 1. The van der Waals surface area contributed by atoms with Crippen molar-refractivity contribution in [2.45, 2.75) is 116 Å². The summed E-state index contributed by atoms with van der Waals surface area (Å²) in [7, 11) is 0. The quantitative estimate of drug-likeness (QED) is 0.0253. The van der Waals surface area contributed by atoms with Crippen molar-refractivity contribution in [3.05, 3.63) is 125 Å². The van der Waals surface area contributed by atoms with E-state index in [9.17, 15) is 19.5 Å². The SMILES string of the molecule is Cc1ncsc1-c1ccc(CNC(=O)[C@@H]2C[C@@H](O)CN2C(=O)[C@@H](NC(=O)COCCCOCCCCCOc2cccc([C@H](C)Nc3cccc(NC4(c5nc(-c6ccncc6)n[nH]5)CCNCC4)c3)c2)C(C)(C)C)cc1.Cl. The van der Waals surface area contributed by atoms with Crippen molar-refractivity contribution in [2.24, 2.45) is 5.41 Å². The lowest BCUT2D eigenvalue weighted by atomic mass is 9.85. The van der Waals surface area contributed by atoms with Gasteiger partial charge in [0, 0.05) is 74.7 Å². The van der Waals surface area contributed by atoms with Crippen LogP contribution >= 0.6 is 23.7 Å². The fourth-order valence-electron chi connectivity index (χ4n) is 9.74. The lowest BCUT2D eigenvalue weighted by molar-refractivity contribution is -0.144. The van der Waals surface area contributed by atoms with E-state index in [1.165, 1.54) is 4.90 Å². The van der Waals surface area contributed by atoms with Crippen molar-refractivity contribution in [3.63, 3.8) is 0 Å². The highest BCUT2D eigenvalue weighted by molar-refractivity contribution is 7.13. The number of halogens is 1. The summed E-state index contributed by atoms with van der Waals surface area (Å²) in [5.41, 5.74) is 7.72. The molecule has 0 saturated carbocycles. The maximum absolute atomic E-state index is 14.0. The average molecular weight is 1110 g/mol. The molecule has 3 amide bonds. The first-order chi connectivity index (χ1) is 37.2. The van der Waals surface area contributed by atoms with Crippen LogP contribution in [0.2, 0.25) is 0 Å². The number of rotatable bonds is 26. The topological polar surface area (TPSA) is 230 Å². The second-order valence-corrected chi connectivity index (χ2v) is 21.9. The predicted octanol–water partition coefficient (Wildman–Crippen LogP) is 8.37. The molecule has 18 nitrogen and oxygen atoms in total. The Morgan fingerprint density at radius 3 is 2.37 bits per heavy atom. The van der Waals surface area contributed by atoms with Crippen LogP contribution in [0.5, 0.6) is 5.75 Å². The summed E-state index contributed by atoms with van der Waals surface area (Å²) in [6, 6.07) is 26.6. The normalized spacial score (nSPS) is 16.9. The Morgan fingerprint density at radius 2 is 1.62 bits per heavy atom. The van der Waals surface area contributed by atoms with Crippen LogP contribution in [0, 0.1) is 12.3 Å². The minimum Gasteiger partial charge on any atom is -0.494 e. The van der Waals surface area contributed by atoms with E-state index < -0.39 is 41.0 Å². The van der Waals surface area contributed by atoms with Gasteiger partial charge in [0.1, 0.15) is 24.4 Å². The number of nitrogens with one attached hydrogen (secondary N) is 6. The number of aliphatic hydroxyl groups is 1. The number of anilines is 2. The number of H-pyrrole nitrogens is 1. The maximum Gasteiger partial charge on any atom is 0.246 e. The Balaban J connectivity index is 0.00000882. The van der Waals surface area contributed by atoms with Gasteiger partial charge in [0.2, 0.25) is 17.7 Å². The molecule has 3 aromatic carbocycles. The third kappa shape index (κ3) is 16.3. The zero-order valence-corrected chi connectivity index (χ0v) is 47.0.